The standard InChI is InChI=1S/C10H14N2O10/c13-6(14)3-11(4-7(15)16)1-2-12(5-8(17)18)10(9(19)20)21-22-10/h1-5H2,(H,13,14)(H,15,16)(H,17,18)(H,19,20). The van der Waals surface area contributed by atoms with E-state index in [4.69, 9.17) is 20.4 Å². The zero-order chi connectivity index (χ0) is 16.9. The van der Waals surface area contributed by atoms with Gasteiger partial charge in [0.25, 0.3) is 0 Å². The van der Waals surface area contributed by atoms with E-state index in [2.05, 4.69) is 9.78 Å². The van der Waals surface area contributed by atoms with Crippen LogP contribution >= 0.6 is 0 Å². The Bertz CT molecular complexity index is 458. The number of rotatable bonds is 11. The molecule has 0 aromatic carbocycles. The number of hydrogen-bond acceptors (Lipinski definition) is 8. The van der Waals surface area contributed by atoms with E-state index in [9.17, 15) is 19.2 Å². The van der Waals surface area contributed by atoms with Crippen LogP contribution in [-0.2, 0) is 29.0 Å². The molecule has 1 aliphatic heterocycles. The molecule has 1 saturated heterocycles. The molecule has 22 heavy (non-hydrogen) atoms. The highest BCUT2D eigenvalue weighted by atomic mass is 17.4. The van der Waals surface area contributed by atoms with Crippen molar-refractivity contribution >= 4 is 23.9 Å². The monoisotopic (exact) mass is 322 g/mol. The second kappa shape index (κ2) is 7.13. The van der Waals surface area contributed by atoms with E-state index in [-0.39, 0.29) is 13.1 Å². The molecule has 124 valence electrons. The van der Waals surface area contributed by atoms with Crippen LogP contribution in [-0.4, -0.2) is 92.7 Å². The van der Waals surface area contributed by atoms with Crippen LogP contribution in [0.25, 0.3) is 0 Å². The predicted molar refractivity (Wildman–Crippen MR) is 63.5 cm³/mol. The molecule has 0 aliphatic carbocycles. The van der Waals surface area contributed by atoms with Crippen molar-refractivity contribution in [2.75, 3.05) is 32.7 Å². The normalized spacial score (nSPS) is 15.7. The van der Waals surface area contributed by atoms with Gasteiger partial charge in [-0.2, -0.15) is 9.78 Å². The van der Waals surface area contributed by atoms with Crippen LogP contribution in [0, 0.1) is 0 Å². The van der Waals surface area contributed by atoms with Gasteiger partial charge in [0, 0.05) is 13.1 Å². The molecular weight excluding hydrogens is 308 g/mol. The lowest BCUT2D eigenvalue weighted by Gasteiger charge is -2.24. The van der Waals surface area contributed by atoms with Crippen molar-refractivity contribution in [2.45, 2.75) is 5.91 Å². The smallest absolute Gasteiger partial charge is 0.387 e. The van der Waals surface area contributed by atoms with E-state index in [1.807, 2.05) is 0 Å². The fourth-order valence-corrected chi connectivity index (χ4v) is 1.70. The molecule has 0 aromatic heterocycles. The molecule has 1 aliphatic rings. The van der Waals surface area contributed by atoms with Crippen molar-refractivity contribution in [3.8, 4) is 0 Å². The molecule has 1 fully saturated rings. The lowest BCUT2D eigenvalue weighted by molar-refractivity contribution is -0.157. The van der Waals surface area contributed by atoms with Crippen LogP contribution in [0.1, 0.15) is 0 Å². The van der Waals surface area contributed by atoms with E-state index in [0.717, 1.165) is 9.80 Å². The molecule has 0 bridgehead atoms. The van der Waals surface area contributed by atoms with E-state index in [0.29, 0.717) is 0 Å². The summed E-state index contributed by atoms with van der Waals surface area (Å²) in [7, 11) is 0. The average molecular weight is 322 g/mol. The lowest BCUT2D eigenvalue weighted by Crippen LogP contribution is -2.50. The van der Waals surface area contributed by atoms with E-state index < -0.39 is 49.4 Å². The highest BCUT2D eigenvalue weighted by Crippen LogP contribution is 2.33. The van der Waals surface area contributed by atoms with Crippen molar-refractivity contribution in [3.05, 3.63) is 0 Å². The summed E-state index contributed by atoms with van der Waals surface area (Å²) in [4.78, 5) is 53.5. The first-order valence-corrected chi connectivity index (χ1v) is 5.90. The molecular formula is C10H14N2O10. The van der Waals surface area contributed by atoms with Crippen LogP contribution in [0.5, 0.6) is 0 Å². The maximum atomic E-state index is 11.0. The van der Waals surface area contributed by atoms with Crippen molar-refractivity contribution in [2.24, 2.45) is 0 Å². The Hall–Kier alpha value is -2.28. The van der Waals surface area contributed by atoms with Crippen LogP contribution < -0.4 is 0 Å². The van der Waals surface area contributed by atoms with Crippen molar-refractivity contribution < 1.29 is 49.4 Å². The van der Waals surface area contributed by atoms with Gasteiger partial charge in [-0.05, 0) is 0 Å². The molecule has 0 aromatic rings. The third-order valence-electron chi connectivity index (χ3n) is 2.66. The number of carbonyl (C=O) groups is 4. The highest BCUT2D eigenvalue weighted by Gasteiger charge is 2.63. The van der Waals surface area contributed by atoms with Crippen molar-refractivity contribution in [1.29, 1.82) is 0 Å². The predicted octanol–water partition coefficient (Wildman–Crippen LogP) is -2.46. The number of nitrogens with zero attached hydrogens (tertiary/aromatic N) is 2. The molecule has 0 saturated carbocycles. The third-order valence-corrected chi connectivity index (χ3v) is 2.66. The van der Waals surface area contributed by atoms with Crippen LogP contribution in [0.3, 0.4) is 0 Å². The van der Waals surface area contributed by atoms with Gasteiger partial charge in [-0.1, -0.05) is 0 Å². The summed E-state index contributed by atoms with van der Waals surface area (Å²) in [5.41, 5.74) is 0. The Labute approximate surface area is 123 Å². The second-order valence-electron chi connectivity index (χ2n) is 4.37. The minimum Gasteiger partial charge on any atom is -0.480 e. The fraction of sp³-hybridized carbons (Fsp3) is 0.600. The van der Waals surface area contributed by atoms with E-state index >= 15 is 0 Å². The molecule has 1 heterocycles. The molecule has 0 unspecified atom stereocenters. The minimum atomic E-state index is -2.24. The lowest BCUT2D eigenvalue weighted by atomic mass is 10.3. The van der Waals surface area contributed by atoms with Gasteiger partial charge < -0.3 is 20.4 Å². The quantitative estimate of drug-likeness (QED) is 0.233. The Kier molecular flexibility index (Phi) is 5.76. The fourth-order valence-electron chi connectivity index (χ4n) is 1.70. The molecule has 0 amide bonds. The van der Waals surface area contributed by atoms with Crippen molar-refractivity contribution in [1.82, 2.24) is 9.80 Å². The molecule has 0 spiro atoms. The van der Waals surface area contributed by atoms with Gasteiger partial charge >= 0.3 is 29.8 Å². The number of carboxylic acid groups (broad SMARTS) is 4. The van der Waals surface area contributed by atoms with Crippen LogP contribution in [0.15, 0.2) is 0 Å². The Morgan fingerprint density at radius 1 is 0.773 bits per heavy atom. The SMILES string of the molecule is O=C(O)CN(CCN(CC(=O)O)C1(C(=O)O)OO1)CC(=O)O. The summed E-state index contributed by atoms with van der Waals surface area (Å²) >= 11 is 0. The molecule has 0 atom stereocenters. The van der Waals surface area contributed by atoms with E-state index in [1.54, 1.807) is 0 Å². The number of carboxylic acids is 4. The summed E-state index contributed by atoms with van der Waals surface area (Å²) in [6, 6.07) is 0. The van der Waals surface area contributed by atoms with Crippen LogP contribution in [0.4, 0.5) is 0 Å². The Morgan fingerprint density at radius 2 is 1.23 bits per heavy atom. The van der Waals surface area contributed by atoms with E-state index in [1.165, 1.54) is 0 Å². The Balaban J connectivity index is 2.71. The Morgan fingerprint density at radius 3 is 1.55 bits per heavy atom. The summed E-state index contributed by atoms with van der Waals surface area (Å²) in [5.74, 6) is -7.73. The first-order chi connectivity index (χ1) is 10.2. The first kappa shape index (κ1) is 17.8. The molecule has 4 N–H and O–H groups in total. The minimum absolute atomic E-state index is 0.215. The molecule has 0 radical (unpaired) electrons. The highest BCUT2D eigenvalue weighted by molar-refractivity contribution is 5.78. The maximum absolute atomic E-state index is 11.0. The van der Waals surface area contributed by atoms with Gasteiger partial charge in [0.2, 0.25) is 0 Å². The van der Waals surface area contributed by atoms with Crippen molar-refractivity contribution in [3.63, 3.8) is 0 Å². The van der Waals surface area contributed by atoms with Gasteiger partial charge in [0.15, 0.2) is 0 Å². The average Bonchev–Trinajstić information content (AvgIpc) is 3.13. The zero-order valence-corrected chi connectivity index (χ0v) is 11.2. The van der Waals surface area contributed by atoms with Crippen LogP contribution in [0.2, 0.25) is 0 Å². The number of hydrogen-bond donors (Lipinski definition) is 4. The zero-order valence-electron chi connectivity index (χ0n) is 11.2. The van der Waals surface area contributed by atoms with Gasteiger partial charge in [0.05, 0.1) is 13.1 Å². The second-order valence-corrected chi connectivity index (χ2v) is 4.37. The summed E-state index contributed by atoms with van der Waals surface area (Å²) in [6.45, 7) is -2.46. The largest absolute Gasteiger partial charge is 0.480 e. The topological polar surface area (TPSA) is 181 Å². The summed E-state index contributed by atoms with van der Waals surface area (Å²) in [6.07, 6.45) is 0. The maximum Gasteiger partial charge on any atom is 0.387 e. The number of aliphatic carboxylic acids is 4. The molecule has 12 heteroatoms. The van der Waals surface area contributed by atoms with Gasteiger partial charge in [-0.3, -0.25) is 19.3 Å². The third kappa shape index (κ3) is 4.92. The summed E-state index contributed by atoms with van der Waals surface area (Å²) in [5, 5.41) is 35.1. The van der Waals surface area contributed by atoms with Gasteiger partial charge in [-0.25, -0.2) is 9.69 Å². The van der Waals surface area contributed by atoms with Gasteiger partial charge in [-0.15, -0.1) is 0 Å². The molecule has 12 nitrogen and oxygen atoms in total. The molecule has 1 rings (SSSR count). The first-order valence-electron chi connectivity index (χ1n) is 5.90. The summed E-state index contributed by atoms with van der Waals surface area (Å²) < 4.78 is 0. The van der Waals surface area contributed by atoms with Gasteiger partial charge in [0.1, 0.15) is 6.54 Å².